The fourth-order valence-corrected chi connectivity index (χ4v) is 2.89. The number of amides is 1. The van der Waals surface area contributed by atoms with Gasteiger partial charge in [-0.15, -0.1) is 0 Å². The van der Waals surface area contributed by atoms with E-state index in [0.717, 1.165) is 31.7 Å². The zero-order valence-electron chi connectivity index (χ0n) is 13.3. The van der Waals surface area contributed by atoms with Gasteiger partial charge in [0.1, 0.15) is 5.75 Å². The number of nitrogens with zero attached hydrogens (tertiary/aromatic N) is 2. The number of carbonyl (C=O) groups excluding carboxylic acids is 1. The summed E-state index contributed by atoms with van der Waals surface area (Å²) >= 11 is 0. The number of hydrogen-bond donors (Lipinski definition) is 0. The zero-order chi connectivity index (χ0) is 15.2. The molecule has 1 saturated heterocycles. The van der Waals surface area contributed by atoms with Crippen LogP contribution in [0.4, 0.5) is 0 Å². The Morgan fingerprint density at radius 3 is 2.67 bits per heavy atom. The van der Waals surface area contributed by atoms with Crippen LogP contribution in [0.25, 0.3) is 0 Å². The highest BCUT2D eigenvalue weighted by Gasteiger charge is 2.23. The molecule has 1 aromatic carbocycles. The molecule has 0 saturated carbocycles. The van der Waals surface area contributed by atoms with Gasteiger partial charge < -0.3 is 9.64 Å². The highest BCUT2D eigenvalue weighted by molar-refractivity contribution is 5.78. The van der Waals surface area contributed by atoms with E-state index in [1.807, 2.05) is 36.2 Å². The Balaban J connectivity index is 1.85. The molecule has 0 N–H and O–H groups in total. The number of methoxy groups -OCH3 is 1. The molecule has 21 heavy (non-hydrogen) atoms. The molecule has 1 aromatic rings. The van der Waals surface area contributed by atoms with Crippen molar-refractivity contribution in [3.8, 4) is 5.75 Å². The summed E-state index contributed by atoms with van der Waals surface area (Å²) in [4.78, 5) is 16.5. The lowest BCUT2D eigenvalue weighted by atomic mass is 10.0. The van der Waals surface area contributed by atoms with Crippen LogP contribution in [0.3, 0.4) is 0 Å². The smallest absolute Gasteiger partial charge is 0.236 e. The van der Waals surface area contributed by atoms with Crippen molar-refractivity contribution in [2.45, 2.75) is 38.8 Å². The number of ether oxygens (including phenoxy) is 1. The summed E-state index contributed by atoms with van der Waals surface area (Å²) in [6.45, 7) is 4.32. The van der Waals surface area contributed by atoms with Gasteiger partial charge in [0, 0.05) is 19.1 Å². The van der Waals surface area contributed by atoms with Crippen LogP contribution < -0.4 is 4.74 Å². The van der Waals surface area contributed by atoms with E-state index in [4.69, 9.17) is 4.74 Å². The van der Waals surface area contributed by atoms with Crippen molar-refractivity contribution in [2.24, 2.45) is 0 Å². The van der Waals surface area contributed by atoms with Gasteiger partial charge in [-0.05, 0) is 50.9 Å². The summed E-state index contributed by atoms with van der Waals surface area (Å²) in [5, 5.41) is 0. The van der Waals surface area contributed by atoms with E-state index in [9.17, 15) is 4.79 Å². The van der Waals surface area contributed by atoms with Crippen LogP contribution in [-0.4, -0.2) is 49.0 Å². The predicted molar refractivity (Wildman–Crippen MR) is 84.4 cm³/mol. The topological polar surface area (TPSA) is 32.8 Å². The second-order valence-corrected chi connectivity index (χ2v) is 5.95. The third-order valence-electron chi connectivity index (χ3n) is 4.14. The molecule has 1 aliphatic heterocycles. The van der Waals surface area contributed by atoms with Crippen molar-refractivity contribution in [1.29, 1.82) is 0 Å². The lowest BCUT2D eigenvalue weighted by Gasteiger charge is -2.34. The number of piperidine rings is 1. The first-order valence-corrected chi connectivity index (χ1v) is 7.71. The molecule has 1 unspecified atom stereocenters. The Kier molecular flexibility index (Phi) is 5.62. The Labute approximate surface area is 127 Å². The quantitative estimate of drug-likeness (QED) is 0.835. The maximum absolute atomic E-state index is 12.4. The summed E-state index contributed by atoms with van der Waals surface area (Å²) < 4.78 is 5.16. The Morgan fingerprint density at radius 1 is 1.33 bits per heavy atom. The van der Waals surface area contributed by atoms with Crippen molar-refractivity contribution in [3.05, 3.63) is 29.8 Å². The van der Waals surface area contributed by atoms with Crippen LogP contribution in [0.1, 0.15) is 31.7 Å². The Morgan fingerprint density at radius 2 is 2.05 bits per heavy atom. The van der Waals surface area contributed by atoms with E-state index < -0.39 is 0 Å². The lowest BCUT2D eigenvalue weighted by molar-refractivity contribution is -0.135. The van der Waals surface area contributed by atoms with E-state index in [1.165, 1.54) is 12.0 Å². The number of hydrogen-bond acceptors (Lipinski definition) is 3. The van der Waals surface area contributed by atoms with Crippen LogP contribution in [0.5, 0.6) is 5.75 Å². The molecular weight excluding hydrogens is 264 g/mol. The van der Waals surface area contributed by atoms with Gasteiger partial charge >= 0.3 is 0 Å². The average Bonchev–Trinajstić information content (AvgIpc) is 2.48. The predicted octanol–water partition coefficient (Wildman–Crippen LogP) is 2.53. The van der Waals surface area contributed by atoms with E-state index >= 15 is 0 Å². The second-order valence-electron chi connectivity index (χ2n) is 5.95. The summed E-state index contributed by atoms with van der Waals surface area (Å²) in [6, 6.07) is 8.39. The maximum Gasteiger partial charge on any atom is 0.236 e. The molecule has 0 aromatic heterocycles. The Hall–Kier alpha value is -1.55. The number of carbonyl (C=O) groups is 1. The highest BCUT2D eigenvalue weighted by Crippen LogP contribution is 2.17. The van der Waals surface area contributed by atoms with Gasteiger partial charge in [-0.3, -0.25) is 9.69 Å². The van der Waals surface area contributed by atoms with Crippen molar-refractivity contribution in [3.63, 3.8) is 0 Å². The summed E-state index contributed by atoms with van der Waals surface area (Å²) in [5.41, 5.74) is 1.19. The van der Waals surface area contributed by atoms with Gasteiger partial charge in [0.2, 0.25) is 5.91 Å². The monoisotopic (exact) mass is 290 g/mol. The van der Waals surface area contributed by atoms with Crippen LogP contribution >= 0.6 is 0 Å². The van der Waals surface area contributed by atoms with Gasteiger partial charge in [-0.1, -0.05) is 12.1 Å². The molecule has 1 amide bonds. The molecule has 0 aliphatic carbocycles. The average molecular weight is 290 g/mol. The highest BCUT2D eigenvalue weighted by atomic mass is 16.5. The van der Waals surface area contributed by atoms with E-state index in [1.54, 1.807) is 7.11 Å². The molecule has 0 radical (unpaired) electrons. The standard InChI is InChI=1S/C17H26N2O2/c1-14-6-4-5-11-19(14)17(20)13-18(2)12-15-7-9-16(21-3)10-8-15/h7-10,14H,4-6,11-13H2,1-3H3. The SMILES string of the molecule is COc1ccc(CN(C)CC(=O)N2CCCCC2C)cc1. The molecule has 4 heteroatoms. The number of likely N-dealkylation sites (tertiary alicyclic amines) is 1. The van der Waals surface area contributed by atoms with Gasteiger partial charge in [-0.2, -0.15) is 0 Å². The lowest BCUT2D eigenvalue weighted by Crippen LogP contribution is -2.46. The number of benzene rings is 1. The van der Waals surface area contributed by atoms with Gasteiger partial charge in [0.05, 0.1) is 13.7 Å². The molecule has 2 rings (SSSR count). The van der Waals surface area contributed by atoms with E-state index in [2.05, 4.69) is 11.8 Å². The number of likely N-dealkylation sites (N-methyl/N-ethyl adjacent to an activating group) is 1. The number of rotatable bonds is 5. The van der Waals surface area contributed by atoms with Crippen LogP contribution in [0.15, 0.2) is 24.3 Å². The third kappa shape index (κ3) is 4.46. The summed E-state index contributed by atoms with van der Waals surface area (Å²) in [5.74, 6) is 1.11. The van der Waals surface area contributed by atoms with Crippen molar-refractivity contribution < 1.29 is 9.53 Å². The van der Waals surface area contributed by atoms with Crippen LogP contribution in [0, 0.1) is 0 Å². The second kappa shape index (κ2) is 7.46. The normalized spacial score (nSPS) is 18.9. The summed E-state index contributed by atoms with van der Waals surface area (Å²) in [7, 11) is 3.66. The molecule has 116 valence electrons. The van der Waals surface area contributed by atoms with Crippen LogP contribution in [-0.2, 0) is 11.3 Å². The molecular formula is C17H26N2O2. The van der Waals surface area contributed by atoms with Crippen molar-refractivity contribution in [2.75, 3.05) is 27.2 Å². The molecule has 1 fully saturated rings. The molecule has 1 atom stereocenters. The van der Waals surface area contributed by atoms with Gasteiger partial charge in [0.15, 0.2) is 0 Å². The van der Waals surface area contributed by atoms with Crippen molar-refractivity contribution >= 4 is 5.91 Å². The molecule has 0 spiro atoms. The largest absolute Gasteiger partial charge is 0.497 e. The minimum absolute atomic E-state index is 0.248. The molecule has 0 bridgehead atoms. The Bertz CT molecular complexity index is 458. The first kappa shape index (κ1) is 15.8. The minimum atomic E-state index is 0.248. The van der Waals surface area contributed by atoms with Crippen LogP contribution in [0.2, 0.25) is 0 Å². The first-order chi connectivity index (χ1) is 10.1. The van der Waals surface area contributed by atoms with Gasteiger partial charge in [-0.25, -0.2) is 0 Å². The van der Waals surface area contributed by atoms with E-state index in [0.29, 0.717) is 12.6 Å². The fourth-order valence-electron chi connectivity index (χ4n) is 2.89. The molecule has 1 aliphatic rings. The zero-order valence-corrected chi connectivity index (χ0v) is 13.3. The molecule has 4 nitrogen and oxygen atoms in total. The fraction of sp³-hybridized carbons (Fsp3) is 0.588. The van der Waals surface area contributed by atoms with E-state index in [-0.39, 0.29) is 5.91 Å². The van der Waals surface area contributed by atoms with Crippen molar-refractivity contribution in [1.82, 2.24) is 9.80 Å². The maximum atomic E-state index is 12.4. The molecule has 1 heterocycles. The minimum Gasteiger partial charge on any atom is -0.497 e. The first-order valence-electron chi connectivity index (χ1n) is 7.71. The summed E-state index contributed by atoms with van der Waals surface area (Å²) in [6.07, 6.45) is 3.51. The van der Waals surface area contributed by atoms with Gasteiger partial charge in [0.25, 0.3) is 0 Å². The third-order valence-corrected chi connectivity index (χ3v) is 4.14.